The standard InChI is InChI=1S/C12H16N2O/c1-8(2)13-7-10-4-5-11-12(6-10)15-9(3)14-11/h4-6,8,13H,7H2,1-3H3. The molecule has 0 fully saturated rings. The minimum absolute atomic E-state index is 0.497. The predicted octanol–water partition coefficient (Wildman–Crippen LogP) is 2.63. The highest BCUT2D eigenvalue weighted by molar-refractivity contribution is 5.73. The monoisotopic (exact) mass is 204 g/mol. The lowest BCUT2D eigenvalue weighted by molar-refractivity contribution is 0.558. The van der Waals surface area contributed by atoms with Crippen LogP contribution in [0, 0.1) is 6.92 Å². The molecule has 3 nitrogen and oxygen atoms in total. The summed E-state index contributed by atoms with van der Waals surface area (Å²) in [7, 11) is 0. The Morgan fingerprint density at radius 3 is 2.93 bits per heavy atom. The first-order valence-electron chi connectivity index (χ1n) is 5.24. The van der Waals surface area contributed by atoms with E-state index in [1.54, 1.807) is 0 Å². The van der Waals surface area contributed by atoms with E-state index in [0.29, 0.717) is 6.04 Å². The molecule has 0 amide bonds. The van der Waals surface area contributed by atoms with Crippen molar-refractivity contribution in [2.45, 2.75) is 33.4 Å². The van der Waals surface area contributed by atoms with Crippen LogP contribution in [0.4, 0.5) is 0 Å². The summed E-state index contributed by atoms with van der Waals surface area (Å²) in [6.45, 7) is 7.01. The van der Waals surface area contributed by atoms with Gasteiger partial charge in [-0.1, -0.05) is 19.9 Å². The molecule has 15 heavy (non-hydrogen) atoms. The van der Waals surface area contributed by atoms with E-state index in [1.807, 2.05) is 19.1 Å². The van der Waals surface area contributed by atoms with E-state index < -0.39 is 0 Å². The number of hydrogen-bond donors (Lipinski definition) is 1. The molecule has 1 heterocycles. The minimum Gasteiger partial charge on any atom is -0.441 e. The fourth-order valence-electron chi connectivity index (χ4n) is 1.52. The maximum absolute atomic E-state index is 5.48. The number of oxazole rings is 1. The molecule has 2 aromatic rings. The molecule has 1 N–H and O–H groups in total. The summed E-state index contributed by atoms with van der Waals surface area (Å²) < 4.78 is 5.48. The number of nitrogens with one attached hydrogen (secondary N) is 1. The van der Waals surface area contributed by atoms with Crippen LogP contribution in [0.3, 0.4) is 0 Å². The second-order valence-electron chi connectivity index (χ2n) is 4.07. The van der Waals surface area contributed by atoms with Gasteiger partial charge in [-0.3, -0.25) is 0 Å². The van der Waals surface area contributed by atoms with Crippen LogP contribution in [-0.4, -0.2) is 11.0 Å². The van der Waals surface area contributed by atoms with Crippen molar-refractivity contribution in [1.82, 2.24) is 10.3 Å². The molecular weight excluding hydrogens is 188 g/mol. The minimum atomic E-state index is 0.497. The molecule has 0 aliphatic heterocycles. The van der Waals surface area contributed by atoms with Crippen LogP contribution in [0.1, 0.15) is 25.3 Å². The smallest absolute Gasteiger partial charge is 0.192 e. The summed E-state index contributed by atoms with van der Waals surface area (Å²) in [5, 5.41) is 3.37. The quantitative estimate of drug-likeness (QED) is 0.835. The fourth-order valence-corrected chi connectivity index (χ4v) is 1.52. The van der Waals surface area contributed by atoms with Crippen molar-refractivity contribution in [1.29, 1.82) is 0 Å². The number of fused-ring (bicyclic) bond motifs is 1. The van der Waals surface area contributed by atoms with Gasteiger partial charge in [-0.15, -0.1) is 0 Å². The van der Waals surface area contributed by atoms with Crippen LogP contribution in [0.5, 0.6) is 0 Å². The van der Waals surface area contributed by atoms with E-state index in [1.165, 1.54) is 5.56 Å². The highest BCUT2D eigenvalue weighted by Gasteiger charge is 2.03. The van der Waals surface area contributed by atoms with Crippen molar-refractivity contribution < 1.29 is 4.42 Å². The zero-order valence-electron chi connectivity index (χ0n) is 9.37. The van der Waals surface area contributed by atoms with Crippen molar-refractivity contribution >= 4 is 11.1 Å². The van der Waals surface area contributed by atoms with Crippen LogP contribution < -0.4 is 5.32 Å². The Hall–Kier alpha value is -1.35. The predicted molar refractivity (Wildman–Crippen MR) is 60.7 cm³/mol. The summed E-state index contributed by atoms with van der Waals surface area (Å²) in [4.78, 5) is 4.26. The first-order valence-corrected chi connectivity index (χ1v) is 5.24. The van der Waals surface area contributed by atoms with E-state index in [2.05, 4.69) is 30.2 Å². The SMILES string of the molecule is Cc1nc2ccc(CNC(C)C)cc2o1. The number of hydrogen-bond acceptors (Lipinski definition) is 3. The number of rotatable bonds is 3. The summed E-state index contributed by atoms with van der Waals surface area (Å²) in [6, 6.07) is 6.63. The third-order valence-electron chi connectivity index (χ3n) is 2.27. The largest absolute Gasteiger partial charge is 0.441 e. The Labute approximate surface area is 89.5 Å². The molecule has 0 atom stereocenters. The van der Waals surface area contributed by atoms with Crippen LogP contribution in [-0.2, 0) is 6.54 Å². The van der Waals surface area contributed by atoms with Gasteiger partial charge in [0.05, 0.1) is 0 Å². The van der Waals surface area contributed by atoms with Crippen LogP contribution in [0.2, 0.25) is 0 Å². The number of aromatic nitrogens is 1. The lowest BCUT2D eigenvalue weighted by Gasteiger charge is -2.07. The van der Waals surface area contributed by atoms with Crippen molar-refractivity contribution in [2.75, 3.05) is 0 Å². The van der Waals surface area contributed by atoms with Gasteiger partial charge >= 0.3 is 0 Å². The molecule has 0 saturated heterocycles. The van der Waals surface area contributed by atoms with Crippen LogP contribution >= 0.6 is 0 Å². The lowest BCUT2D eigenvalue weighted by Crippen LogP contribution is -2.21. The van der Waals surface area contributed by atoms with E-state index in [9.17, 15) is 0 Å². The first-order chi connectivity index (χ1) is 7.15. The van der Waals surface area contributed by atoms with E-state index in [-0.39, 0.29) is 0 Å². The molecule has 0 aliphatic carbocycles. The molecule has 0 saturated carbocycles. The summed E-state index contributed by atoms with van der Waals surface area (Å²) in [5.74, 6) is 0.721. The zero-order chi connectivity index (χ0) is 10.8. The van der Waals surface area contributed by atoms with Gasteiger partial charge in [0.2, 0.25) is 0 Å². The summed E-state index contributed by atoms with van der Waals surface area (Å²) in [6.07, 6.45) is 0. The topological polar surface area (TPSA) is 38.1 Å². The number of aryl methyl sites for hydroxylation is 1. The molecule has 0 aliphatic rings. The second kappa shape index (κ2) is 4.03. The van der Waals surface area contributed by atoms with Gasteiger partial charge < -0.3 is 9.73 Å². The highest BCUT2D eigenvalue weighted by Crippen LogP contribution is 2.16. The van der Waals surface area contributed by atoms with Gasteiger partial charge in [0, 0.05) is 19.5 Å². The molecule has 0 unspecified atom stereocenters. The third kappa shape index (κ3) is 2.36. The summed E-state index contributed by atoms with van der Waals surface area (Å²) in [5.41, 5.74) is 3.03. The van der Waals surface area contributed by atoms with Crippen molar-refractivity contribution in [2.24, 2.45) is 0 Å². The van der Waals surface area contributed by atoms with Gasteiger partial charge in [0.15, 0.2) is 11.5 Å². The van der Waals surface area contributed by atoms with Crippen molar-refractivity contribution in [3.8, 4) is 0 Å². The van der Waals surface area contributed by atoms with Crippen LogP contribution in [0.25, 0.3) is 11.1 Å². The van der Waals surface area contributed by atoms with E-state index >= 15 is 0 Å². The van der Waals surface area contributed by atoms with E-state index in [4.69, 9.17) is 4.42 Å². The van der Waals surface area contributed by atoms with E-state index in [0.717, 1.165) is 23.5 Å². The van der Waals surface area contributed by atoms with Gasteiger partial charge in [-0.05, 0) is 17.7 Å². The third-order valence-corrected chi connectivity index (χ3v) is 2.27. The Kier molecular flexibility index (Phi) is 2.73. The van der Waals surface area contributed by atoms with Gasteiger partial charge in [-0.2, -0.15) is 0 Å². The van der Waals surface area contributed by atoms with Gasteiger partial charge in [0.1, 0.15) is 5.52 Å². The summed E-state index contributed by atoms with van der Waals surface area (Å²) >= 11 is 0. The normalized spacial score (nSPS) is 11.5. The fraction of sp³-hybridized carbons (Fsp3) is 0.417. The molecular formula is C12H16N2O. The maximum atomic E-state index is 5.48. The molecule has 0 bridgehead atoms. The Morgan fingerprint density at radius 1 is 1.40 bits per heavy atom. The van der Waals surface area contributed by atoms with Gasteiger partial charge in [0.25, 0.3) is 0 Å². The number of nitrogens with zero attached hydrogens (tertiary/aromatic N) is 1. The van der Waals surface area contributed by atoms with Gasteiger partial charge in [-0.25, -0.2) is 4.98 Å². The molecule has 0 radical (unpaired) electrons. The van der Waals surface area contributed by atoms with Crippen molar-refractivity contribution in [3.05, 3.63) is 29.7 Å². The molecule has 0 spiro atoms. The molecule has 1 aromatic heterocycles. The Bertz CT molecular complexity index is 460. The molecule has 1 aromatic carbocycles. The maximum Gasteiger partial charge on any atom is 0.192 e. The lowest BCUT2D eigenvalue weighted by atomic mass is 10.2. The zero-order valence-corrected chi connectivity index (χ0v) is 9.37. The first kappa shape index (κ1) is 10.2. The molecule has 3 heteroatoms. The Morgan fingerprint density at radius 2 is 2.20 bits per heavy atom. The van der Waals surface area contributed by atoms with Crippen molar-refractivity contribution in [3.63, 3.8) is 0 Å². The highest BCUT2D eigenvalue weighted by atomic mass is 16.3. The molecule has 2 rings (SSSR count). The van der Waals surface area contributed by atoms with Crippen LogP contribution in [0.15, 0.2) is 22.6 Å². The second-order valence-corrected chi connectivity index (χ2v) is 4.07. The number of benzene rings is 1. The average Bonchev–Trinajstić information content (AvgIpc) is 2.53. The average molecular weight is 204 g/mol. The molecule has 80 valence electrons. The Balaban J connectivity index is 2.22.